The first-order chi connectivity index (χ1) is 11.5. The number of urea groups is 1. The van der Waals surface area contributed by atoms with Gasteiger partial charge in [-0.3, -0.25) is 9.69 Å². The van der Waals surface area contributed by atoms with Crippen LogP contribution in [0.2, 0.25) is 0 Å². The molecule has 2 fully saturated rings. The summed E-state index contributed by atoms with van der Waals surface area (Å²) >= 11 is 0. The van der Waals surface area contributed by atoms with Gasteiger partial charge in [0.25, 0.3) is 0 Å². The van der Waals surface area contributed by atoms with Crippen molar-refractivity contribution >= 4 is 11.9 Å². The maximum Gasteiger partial charge on any atom is 0.320 e. The van der Waals surface area contributed by atoms with Gasteiger partial charge in [-0.05, 0) is 13.8 Å². The Labute approximate surface area is 144 Å². The topological polar surface area (TPSA) is 56.3 Å². The Morgan fingerprint density at radius 1 is 1.04 bits per heavy atom. The summed E-state index contributed by atoms with van der Waals surface area (Å²) in [5.74, 6) is 0.133. The maximum atomic E-state index is 12.5. The van der Waals surface area contributed by atoms with Crippen molar-refractivity contribution in [2.45, 2.75) is 13.8 Å². The van der Waals surface area contributed by atoms with Crippen molar-refractivity contribution in [3.05, 3.63) is 12.2 Å². The first-order valence-electron chi connectivity index (χ1n) is 8.77. The van der Waals surface area contributed by atoms with Crippen LogP contribution in [-0.4, -0.2) is 104 Å². The molecule has 0 aromatic carbocycles. The minimum atomic E-state index is 0.0988. The van der Waals surface area contributed by atoms with Gasteiger partial charge in [-0.15, -0.1) is 0 Å². The third-order valence-electron chi connectivity index (χ3n) is 4.48. The molecule has 0 aliphatic carbocycles. The Balaban J connectivity index is 1.76. The summed E-state index contributed by atoms with van der Waals surface area (Å²) in [5, 5.41) is 0. The Morgan fingerprint density at radius 3 is 2.17 bits per heavy atom. The molecule has 3 amide bonds. The van der Waals surface area contributed by atoms with Gasteiger partial charge in [0.1, 0.15) is 0 Å². The Morgan fingerprint density at radius 2 is 1.62 bits per heavy atom. The molecule has 136 valence electrons. The molecule has 2 aliphatic heterocycles. The van der Waals surface area contributed by atoms with Crippen molar-refractivity contribution in [2.75, 3.05) is 72.1 Å². The van der Waals surface area contributed by atoms with Gasteiger partial charge >= 0.3 is 6.03 Å². The standard InChI is InChI=1S/C17H30N4O3/c1-4-19(13-15(2)3)16(22)14-18-5-7-20(8-6-18)17(23)21-9-11-24-12-10-21/h2,4-14H2,1,3H3. The van der Waals surface area contributed by atoms with Crippen LogP contribution < -0.4 is 0 Å². The molecule has 2 saturated heterocycles. The highest BCUT2D eigenvalue weighted by atomic mass is 16.5. The van der Waals surface area contributed by atoms with Crippen molar-refractivity contribution in [3.63, 3.8) is 0 Å². The molecule has 0 radical (unpaired) electrons. The van der Waals surface area contributed by atoms with Crippen LogP contribution in [0.1, 0.15) is 13.8 Å². The fraction of sp³-hybridized carbons (Fsp3) is 0.765. The monoisotopic (exact) mass is 338 g/mol. The summed E-state index contributed by atoms with van der Waals surface area (Å²) in [6.45, 7) is 15.0. The van der Waals surface area contributed by atoms with Crippen molar-refractivity contribution in [1.82, 2.24) is 19.6 Å². The van der Waals surface area contributed by atoms with Gasteiger partial charge in [0.15, 0.2) is 0 Å². The van der Waals surface area contributed by atoms with Crippen LogP contribution in [0.5, 0.6) is 0 Å². The molecule has 0 spiro atoms. The first-order valence-corrected chi connectivity index (χ1v) is 8.77. The lowest BCUT2D eigenvalue weighted by atomic mass is 10.2. The summed E-state index contributed by atoms with van der Waals surface area (Å²) in [6, 6.07) is 0.0988. The number of nitrogens with zero attached hydrogens (tertiary/aromatic N) is 4. The van der Waals surface area contributed by atoms with E-state index in [0.717, 1.165) is 18.7 Å². The predicted octanol–water partition coefficient (Wildman–Crippen LogP) is 0.481. The van der Waals surface area contributed by atoms with Crippen LogP contribution in [0.3, 0.4) is 0 Å². The molecule has 24 heavy (non-hydrogen) atoms. The molecule has 7 heteroatoms. The quantitative estimate of drug-likeness (QED) is 0.684. The van der Waals surface area contributed by atoms with Crippen molar-refractivity contribution < 1.29 is 14.3 Å². The van der Waals surface area contributed by atoms with Gasteiger partial charge in [-0.25, -0.2) is 4.79 Å². The van der Waals surface area contributed by atoms with E-state index in [9.17, 15) is 9.59 Å². The highest BCUT2D eigenvalue weighted by Crippen LogP contribution is 2.08. The molecule has 7 nitrogen and oxygen atoms in total. The lowest BCUT2D eigenvalue weighted by molar-refractivity contribution is -0.132. The lowest BCUT2D eigenvalue weighted by Gasteiger charge is -2.38. The van der Waals surface area contributed by atoms with E-state index < -0.39 is 0 Å². The van der Waals surface area contributed by atoms with Gasteiger partial charge in [0.2, 0.25) is 5.91 Å². The smallest absolute Gasteiger partial charge is 0.320 e. The highest BCUT2D eigenvalue weighted by molar-refractivity contribution is 5.78. The third-order valence-corrected chi connectivity index (χ3v) is 4.48. The molecule has 2 heterocycles. The van der Waals surface area contributed by atoms with Gasteiger partial charge in [-0.2, -0.15) is 0 Å². The van der Waals surface area contributed by atoms with Crippen molar-refractivity contribution in [2.24, 2.45) is 0 Å². The number of likely N-dealkylation sites (N-methyl/N-ethyl adjacent to an activating group) is 1. The van der Waals surface area contributed by atoms with E-state index in [-0.39, 0.29) is 11.9 Å². The summed E-state index contributed by atoms with van der Waals surface area (Å²) in [4.78, 5) is 32.5. The molecule has 0 N–H and O–H groups in total. The summed E-state index contributed by atoms with van der Waals surface area (Å²) in [5.41, 5.74) is 0.992. The number of hydrogen-bond acceptors (Lipinski definition) is 4. The van der Waals surface area contributed by atoms with E-state index in [1.807, 2.05) is 28.5 Å². The summed E-state index contributed by atoms with van der Waals surface area (Å²) < 4.78 is 5.29. The summed E-state index contributed by atoms with van der Waals surface area (Å²) in [7, 11) is 0. The van der Waals surface area contributed by atoms with E-state index in [1.54, 1.807) is 0 Å². The first kappa shape index (κ1) is 18.7. The number of hydrogen-bond donors (Lipinski definition) is 0. The Kier molecular flexibility index (Phi) is 7.05. The normalized spacial score (nSPS) is 19.2. The average Bonchev–Trinajstić information content (AvgIpc) is 2.60. The lowest BCUT2D eigenvalue weighted by Crippen LogP contribution is -2.56. The maximum absolute atomic E-state index is 12.5. The molecule has 0 atom stereocenters. The number of carbonyl (C=O) groups excluding carboxylic acids is 2. The van der Waals surface area contributed by atoms with Crippen LogP contribution in [0, 0.1) is 0 Å². The third kappa shape index (κ3) is 5.21. The van der Waals surface area contributed by atoms with Crippen molar-refractivity contribution in [1.29, 1.82) is 0 Å². The highest BCUT2D eigenvalue weighted by Gasteiger charge is 2.27. The minimum absolute atomic E-state index is 0.0988. The Bertz CT molecular complexity index is 455. The molecule has 0 aromatic rings. The number of rotatable bonds is 5. The molecule has 0 aromatic heterocycles. The number of carbonyl (C=O) groups is 2. The average molecular weight is 338 g/mol. The van der Waals surface area contributed by atoms with Gasteiger partial charge in [-0.1, -0.05) is 12.2 Å². The van der Waals surface area contributed by atoms with E-state index in [1.165, 1.54) is 0 Å². The van der Waals surface area contributed by atoms with Gasteiger partial charge < -0.3 is 19.4 Å². The van der Waals surface area contributed by atoms with Crippen LogP contribution in [0.25, 0.3) is 0 Å². The zero-order chi connectivity index (χ0) is 17.5. The second-order valence-electron chi connectivity index (χ2n) is 6.51. The van der Waals surface area contributed by atoms with Crippen LogP contribution in [0.15, 0.2) is 12.2 Å². The molecule has 2 rings (SSSR count). The summed E-state index contributed by atoms with van der Waals surface area (Å²) in [6.07, 6.45) is 0. The fourth-order valence-corrected chi connectivity index (χ4v) is 3.05. The van der Waals surface area contributed by atoms with Crippen molar-refractivity contribution in [3.8, 4) is 0 Å². The van der Waals surface area contributed by atoms with Gasteiger partial charge in [0, 0.05) is 52.4 Å². The van der Waals surface area contributed by atoms with Crippen LogP contribution in [-0.2, 0) is 9.53 Å². The molecular weight excluding hydrogens is 308 g/mol. The largest absolute Gasteiger partial charge is 0.378 e. The van der Waals surface area contributed by atoms with E-state index in [4.69, 9.17) is 4.74 Å². The number of amides is 3. The van der Waals surface area contributed by atoms with E-state index >= 15 is 0 Å². The predicted molar refractivity (Wildman–Crippen MR) is 92.9 cm³/mol. The molecule has 0 saturated carbocycles. The van der Waals surface area contributed by atoms with Crippen LogP contribution >= 0.6 is 0 Å². The zero-order valence-corrected chi connectivity index (χ0v) is 15.0. The second kappa shape index (κ2) is 9.03. The molecule has 0 bridgehead atoms. The van der Waals surface area contributed by atoms with Gasteiger partial charge in [0.05, 0.1) is 19.8 Å². The number of morpholine rings is 1. The number of piperazine rings is 1. The van der Waals surface area contributed by atoms with E-state index in [0.29, 0.717) is 59.0 Å². The Hall–Kier alpha value is -1.60. The zero-order valence-electron chi connectivity index (χ0n) is 15.0. The second-order valence-corrected chi connectivity index (χ2v) is 6.51. The molecule has 2 aliphatic rings. The minimum Gasteiger partial charge on any atom is -0.378 e. The number of ether oxygens (including phenoxy) is 1. The SMILES string of the molecule is C=C(C)CN(CC)C(=O)CN1CCN(C(=O)N2CCOCC2)CC1. The van der Waals surface area contributed by atoms with Crippen LogP contribution in [0.4, 0.5) is 4.79 Å². The molecular formula is C17H30N4O3. The molecule has 0 unspecified atom stereocenters. The van der Waals surface area contributed by atoms with E-state index in [2.05, 4.69) is 11.5 Å². The fourth-order valence-electron chi connectivity index (χ4n) is 3.05.